The van der Waals surface area contributed by atoms with Gasteiger partial charge >= 0.3 is 0 Å². The van der Waals surface area contributed by atoms with Crippen LogP contribution in [0.15, 0.2) is 30.5 Å². The Bertz CT molecular complexity index is 884. The van der Waals surface area contributed by atoms with Gasteiger partial charge < -0.3 is 15.6 Å². The standard InChI is InChI=1S/C14H13FN4.C5H10O2/c1-8-4-3-5-9(2)13(8)11-6-10(15)12-7-17-14(16)18-19(11)12;6-5-2-1-3-7-4-5/h3-7H,1-2H3,(H2,16,18);5-6H,1-4H2. The van der Waals surface area contributed by atoms with E-state index in [1.165, 1.54) is 16.8 Å². The maximum atomic E-state index is 13.9. The molecule has 0 bridgehead atoms. The van der Waals surface area contributed by atoms with Crippen molar-refractivity contribution in [2.24, 2.45) is 0 Å². The Labute approximate surface area is 151 Å². The number of aryl methyl sites for hydroxylation is 2. The summed E-state index contributed by atoms with van der Waals surface area (Å²) in [5.41, 5.74) is 9.71. The minimum atomic E-state index is -0.349. The first-order chi connectivity index (χ1) is 12.5. The van der Waals surface area contributed by atoms with Crippen molar-refractivity contribution in [3.8, 4) is 11.3 Å². The van der Waals surface area contributed by atoms with Crippen LogP contribution in [0.3, 0.4) is 0 Å². The van der Waals surface area contributed by atoms with Gasteiger partial charge in [-0.2, -0.15) is 0 Å². The van der Waals surface area contributed by atoms with Crippen molar-refractivity contribution in [3.63, 3.8) is 0 Å². The van der Waals surface area contributed by atoms with Crippen LogP contribution in [-0.2, 0) is 4.74 Å². The second-order valence-electron chi connectivity index (χ2n) is 6.43. The molecule has 4 rings (SSSR count). The Kier molecular flexibility index (Phi) is 5.49. The van der Waals surface area contributed by atoms with Gasteiger partial charge in [-0.3, -0.25) is 0 Å². The van der Waals surface area contributed by atoms with E-state index in [0.29, 0.717) is 17.8 Å². The summed E-state index contributed by atoms with van der Waals surface area (Å²) >= 11 is 0. The van der Waals surface area contributed by atoms with Crippen LogP contribution in [0.5, 0.6) is 0 Å². The number of fused-ring (bicyclic) bond motifs is 1. The molecule has 2 aromatic heterocycles. The van der Waals surface area contributed by atoms with E-state index >= 15 is 0 Å². The van der Waals surface area contributed by atoms with Gasteiger partial charge in [0.05, 0.1) is 24.6 Å². The second-order valence-corrected chi connectivity index (χ2v) is 6.43. The molecule has 1 atom stereocenters. The average molecular weight is 358 g/mol. The van der Waals surface area contributed by atoms with Gasteiger partial charge in [0, 0.05) is 18.2 Å². The predicted molar refractivity (Wildman–Crippen MR) is 98.3 cm³/mol. The fourth-order valence-corrected chi connectivity index (χ4v) is 3.09. The molecule has 1 aliphatic rings. The number of aliphatic hydroxyl groups is 1. The molecule has 0 radical (unpaired) electrons. The highest BCUT2D eigenvalue weighted by molar-refractivity contribution is 5.72. The Morgan fingerprint density at radius 2 is 2.04 bits per heavy atom. The van der Waals surface area contributed by atoms with Crippen molar-refractivity contribution in [2.75, 3.05) is 18.9 Å². The van der Waals surface area contributed by atoms with E-state index < -0.39 is 0 Å². The van der Waals surface area contributed by atoms with E-state index in [2.05, 4.69) is 10.1 Å². The monoisotopic (exact) mass is 358 g/mol. The number of nitrogen functional groups attached to an aromatic ring is 1. The van der Waals surface area contributed by atoms with E-state index in [9.17, 15) is 4.39 Å². The Morgan fingerprint density at radius 1 is 1.31 bits per heavy atom. The van der Waals surface area contributed by atoms with Crippen molar-refractivity contribution in [1.82, 2.24) is 14.6 Å². The topological polar surface area (TPSA) is 85.7 Å². The molecule has 0 amide bonds. The lowest BCUT2D eigenvalue weighted by molar-refractivity contribution is -0.00535. The Balaban J connectivity index is 0.000000236. The average Bonchev–Trinajstić information content (AvgIpc) is 2.92. The van der Waals surface area contributed by atoms with E-state index in [1.807, 2.05) is 32.0 Å². The quantitative estimate of drug-likeness (QED) is 0.699. The molecule has 3 aromatic rings. The van der Waals surface area contributed by atoms with Crippen molar-refractivity contribution in [3.05, 3.63) is 47.4 Å². The molecule has 0 saturated carbocycles. The number of nitrogens with two attached hydrogens (primary N) is 1. The number of halogens is 1. The summed E-state index contributed by atoms with van der Waals surface area (Å²) < 4.78 is 20.4. The van der Waals surface area contributed by atoms with Gasteiger partial charge in [0.1, 0.15) is 5.52 Å². The number of nitrogens with zero attached hydrogens (tertiary/aromatic N) is 3. The molecule has 1 aromatic carbocycles. The van der Waals surface area contributed by atoms with Crippen molar-refractivity contribution >= 4 is 11.5 Å². The van der Waals surface area contributed by atoms with Crippen LogP contribution in [0.25, 0.3) is 16.8 Å². The highest BCUT2D eigenvalue weighted by atomic mass is 19.1. The lowest BCUT2D eigenvalue weighted by Crippen LogP contribution is -2.21. The summed E-state index contributed by atoms with van der Waals surface area (Å²) in [5.74, 6) is -0.228. The van der Waals surface area contributed by atoms with Crippen LogP contribution in [0.2, 0.25) is 0 Å². The maximum Gasteiger partial charge on any atom is 0.238 e. The lowest BCUT2D eigenvalue weighted by atomic mass is 10.0. The molecule has 26 heavy (non-hydrogen) atoms. The fourth-order valence-electron chi connectivity index (χ4n) is 3.09. The van der Waals surface area contributed by atoms with Gasteiger partial charge in [-0.05, 0) is 37.8 Å². The summed E-state index contributed by atoms with van der Waals surface area (Å²) in [6.07, 6.45) is 3.14. The summed E-state index contributed by atoms with van der Waals surface area (Å²) in [5, 5.41) is 12.9. The molecule has 0 spiro atoms. The summed E-state index contributed by atoms with van der Waals surface area (Å²) in [6.45, 7) is 5.35. The first-order valence-electron chi connectivity index (χ1n) is 8.59. The van der Waals surface area contributed by atoms with Gasteiger partial charge in [0.2, 0.25) is 5.95 Å². The fraction of sp³-hybridized carbons (Fsp3) is 0.368. The van der Waals surface area contributed by atoms with Crippen LogP contribution >= 0.6 is 0 Å². The molecule has 3 heterocycles. The van der Waals surface area contributed by atoms with E-state index in [0.717, 1.165) is 36.1 Å². The second kappa shape index (κ2) is 7.80. The third kappa shape index (κ3) is 3.84. The van der Waals surface area contributed by atoms with Crippen LogP contribution in [0.4, 0.5) is 10.3 Å². The number of rotatable bonds is 1. The molecular formula is C19H23FN4O2. The van der Waals surface area contributed by atoms with Crippen molar-refractivity contribution < 1.29 is 14.2 Å². The first kappa shape index (κ1) is 18.3. The minimum absolute atomic E-state index is 0.121. The molecular weight excluding hydrogens is 335 g/mol. The zero-order valence-corrected chi connectivity index (χ0v) is 14.9. The summed E-state index contributed by atoms with van der Waals surface area (Å²) in [6, 6.07) is 7.43. The van der Waals surface area contributed by atoms with Gasteiger partial charge in [-0.1, -0.05) is 18.2 Å². The van der Waals surface area contributed by atoms with E-state index in [4.69, 9.17) is 15.6 Å². The molecule has 6 nitrogen and oxygen atoms in total. The van der Waals surface area contributed by atoms with Crippen molar-refractivity contribution in [2.45, 2.75) is 32.8 Å². The molecule has 7 heteroatoms. The predicted octanol–water partition coefficient (Wildman–Crippen LogP) is 2.89. The number of benzene rings is 1. The first-order valence-corrected chi connectivity index (χ1v) is 8.59. The lowest BCUT2D eigenvalue weighted by Gasteiger charge is -2.15. The van der Waals surface area contributed by atoms with Gasteiger partial charge in [-0.25, -0.2) is 13.9 Å². The van der Waals surface area contributed by atoms with Crippen LogP contribution < -0.4 is 5.73 Å². The number of hydrogen-bond donors (Lipinski definition) is 2. The zero-order valence-electron chi connectivity index (χ0n) is 14.9. The van der Waals surface area contributed by atoms with E-state index in [1.54, 1.807) is 0 Å². The Morgan fingerprint density at radius 3 is 2.62 bits per heavy atom. The van der Waals surface area contributed by atoms with Gasteiger partial charge in [-0.15, -0.1) is 5.10 Å². The third-order valence-electron chi connectivity index (χ3n) is 4.36. The van der Waals surface area contributed by atoms with Crippen LogP contribution in [0, 0.1) is 19.7 Å². The normalized spacial score (nSPS) is 17.0. The molecule has 1 unspecified atom stereocenters. The van der Waals surface area contributed by atoms with Gasteiger partial charge in [0.15, 0.2) is 5.82 Å². The Hall–Kier alpha value is -2.51. The van der Waals surface area contributed by atoms with E-state index in [-0.39, 0.29) is 17.9 Å². The number of ether oxygens (including phenoxy) is 1. The van der Waals surface area contributed by atoms with Gasteiger partial charge in [0.25, 0.3) is 0 Å². The highest BCUT2D eigenvalue weighted by Crippen LogP contribution is 2.29. The molecule has 1 saturated heterocycles. The number of hydrogen-bond acceptors (Lipinski definition) is 5. The minimum Gasteiger partial charge on any atom is -0.391 e. The third-order valence-corrected chi connectivity index (χ3v) is 4.36. The SMILES string of the molecule is Cc1cccc(C)c1-c1cc(F)c2cnc(N)nn12.OC1CCCOC1. The number of aliphatic hydroxyl groups excluding tert-OH is 1. The zero-order chi connectivity index (χ0) is 18.7. The summed E-state index contributed by atoms with van der Waals surface area (Å²) in [4.78, 5) is 3.83. The number of aromatic nitrogens is 3. The molecule has 1 aliphatic heterocycles. The molecule has 0 aliphatic carbocycles. The smallest absolute Gasteiger partial charge is 0.238 e. The highest BCUT2D eigenvalue weighted by Gasteiger charge is 2.15. The number of anilines is 1. The van der Waals surface area contributed by atoms with Crippen LogP contribution in [0.1, 0.15) is 24.0 Å². The van der Waals surface area contributed by atoms with Crippen molar-refractivity contribution in [1.29, 1.82) is 0 Å². The summed E-state index contributed by atoms with van der Waals surface area (Å²) in [7, 11) is 0. The molecule has 3 N–H and O–H groups in total. The maximum absolute atomic E-state index is 13.9. The molecule has 138 valence electrons. The molecule has 1 fully saturated rings. The van der Waals surface area contributed by atoms with Crippen LogP contribution in [-0.4, -0.2) is 39.0 Å². The largest absolute Gasteiger partial charge is 0.391 e.